The Bertz CT molecular complexity index is 366. The predicted octanol–water partition coefficient (Wildman–Crippen LogP) is 0.750. The fourth-order valence-corrected chi connectivity index (χ4v) is 4.24. The molecule has 4 atom stereocenters. The van der Waals surface area contributed by atoms with Crippen molar-refractivity contribution in [2.75, 3.05) is 19.6 Å². The fraction of sp³-hybridized carbons (Fsp3) is 0.929. The maximum absolute atomic E-state index is 11.6. The lowest BCUT2D eigenvalue weighted by molar-refractivity contribution is -0.145. The van der Waals surface area contributed by atoms with Crippen molar-refractivity contribution < 1.29 is 14.9 Å². The van der Waals surface area contributed by atoms with Crippen LogP contribution in [-0.2, 0) is 4.79 Å². The number of nitrogens with two attached hydrogens (primary N) is 1. The normalized spacial score (nSPS) is 37.1. The minimum absolute atomic E-state index is 0.0419. The number of carbonyl (C=O) groups is 1. The second-order valence-corrected chi connectivity index (χ2v) is 6.71. The highest BCUT2D eigenvalue weighted by atomic mass is 16.4. The first-order valence-corrected chi connectivity index (χ1v) is 7.81. The molecule has 114 valence electrons. The minimum Gasteiger partial charge on any atom is -0.480 e. The van der Waals surface area contributed by atoms with E-state index >= 15 is 0 Å². The summed E-state index contributed by atoms with van der Waals surface area (Å²) in [6, 6.07) is 0. The number of rotatable bonds is 6. The molecule has 20 heavy (non-hydrogen) atoms. The smallest absolute Gasteiger partial charge is 0.323 e. The number of carboxylic acids is 1. The Labute approximate surface area is 121 Å². The van der Waals surface area contributed by atoms with Crippen LogP contribution in [0.25, 0.3) is 0 Å². The largest absolute Gasteiger partial charge is 0.480 e. The van der Waals surface area contributed by atoms with Crippen molar-refractivity contribution in [3.8, 4) is 0 Å². The highest BCUT2D eigenvalue weighted by Crippen LogP contribution is 2.49. The predicted molar refractivity (Wildman–Crippen MR) is 79.6 cm³/mol. The van der Waals surface area contributed by atoms with E-state index in [0.717, 1.165) is 38.8 Å². The van der Waals surface area contributed by atoms with Crippen LogP contribution in [0, 0.1) is 17.8 Å². The van der Waals surface area contributed by atoms with Crippen molar-refractivity contribution in [3.05, 3.63) is 0 Å². The molecule has 4 N–H and O–H groups in total. The molecule has 0 bridgehead atoms. The molecule has 0 spiro atoms. The highest BCUT2D eigenvalue weighted by molar-refractivity contribution is 6.48. The van der Waals surface area contributed by atoms with E-state index in [1.165, 1.54) is 0 Å². The van der Waals surface area contributed by atoms with E-state index in [2.05, 4.69) is 11.8 Å². The molecular formula is C14H27BN2O3. The first kappa shape index (κ1) is 15.8. The Morgan fingerprint density at radius 1 is 1.50 bits per heavy atom. The molecule has 1 aliphatic carbocycles. The van der Waals surface area contributed by atoms with E-state index in [0.29, 0.717) is 18.3 Å². The van der Waals surface area contributed by atoms with Crippen LogP contribution in [0.5, 0.6) is 0 Å². The van der Waals surface area contributed by atoms with Gasteiger partial charge in [0.15, 0.2) is 0 Å². The first-order valence-electron chi connectivity index (χ1n) is 7.81. The average molecular weight is 282 g/mol. The van der Waals surface area contributed by atoms with Crippen LogP contribution in [0.3, 0.4) is 0 Å². The molecule has 0 amide bonds. The quantitative estimate of drug-likeness (QED) is 0.626. The van der Waals surface area contributed by atoms with E-state index in [4.69, 9.17) is 5.73 Å². The van der Waals surface area contributed by atoms with Crippen LogP contribution in [0.4, 0.5) is 0 Å². The highest BCUT2D eigenvalue weighted by Gasteiger charge is 2.57. The number of nitrogens with zero attached hydrogens (tertiary/aromatic N) is 1. The maximum Gasteiger partial charge on any atom is 0.323 e. The van der Waals surface area contributed by atoms with E-state index in [9.17, 15) is 14.9 Å². The monoisotopic (exact) mass is 282 g/mol. The number of fused-ring (bicyclic) bond motifs is 1. The second-order valence-electron chi connectivity index (χ2n) is 6.71. The van der Waals surface area contributed by atoms with Gasteiger partial charge in [-0.2, -0.15) is 0 Å². The topological polar surface area (TPSA) is 86.8 Å². The Hall–Kier alpha value is -0.585. The molecule has 1 heterocycles. The molecule has 0 aromatic rings. The first-order chi connectivity index (χ1) is 9.38. The van der Waals surface area contributed by atoms with Crippen LogP contribution in [0.15, 0.2) is 0 Å². The molecule has 2 aliphatic rings. The molecule has 1 saturated heterocycles. The van der Waals surface area contributed by atoms with Gasteiger partial charge < -0.3 is 20.8 Å². The van der Waals surface area contributed by atoms with Gasteiger partial charge in [-0.05, 0) is 43.5 Å². The van der Waals surface area contributed by atoms with Crippen molar-refractivity contribution in [1.82, 2.24) is 4.90 Å². The number of hydrogen-bond donors (Lipinski definition) is 3. The van der Waals surface area contributed by atoms with Gasteiger partial charge in [-0.25, -0.2) is 0 Å². The molecule has 4 unspecified atom stereocenters. The molecule has 0 radical (unpaired) electrons. The molecule has 0 aromatic heterocycles. The van der Waals surface area contributed by atoms with Gasteiger partial charge in [0.25, 0.3) is 6.92 Å². The maximum atomic E-state index is 11.6. The number of hydrogen-bond acceptors (Lipinski definition) is 4. The summed E-state index contributed by atoms with van der Waals surface area (Å²) in [5.41, 5.74) is 5.20. The summed E-state index contributed by atoms with van der Waals surface area (Å²) in [6.07, 6.45) is 2.99. The van der Waals surface area contributed by atoms with Crippen LogP contribution in [0.2, 0.25) is 13.1 Å². The average Bonchev–Trinajstić information content (AvgIpc) is 2.86. The Morgan fingerprint density at radius 3 is 2.75 bits per heavy atom. The molecule has 1 aliphatic heterocycles. The van der Waals surface area contributed by atoms with E-state index in [1.807, 2.05) is 0 Å². The lowest BCUT2D eigenvalue weighted by Gasteiger charge is -2.31. The van der Waals surface area contributed by atoms with Gasteiger partial charge in [-0.15, -0.1) is 0 Å². The second kappa shape index (κ2) is 6.04. The number of carboxylic acid groups (broad SMARTS) is 1. The molecule has 0 aromatic carbocycles. The van der Waals surface area contributed by atoms with Gasteiger partial charge >= 0.3 is 5.97 Å². The zero-order valence-electron chi connectivity index (χ0n) is 12.6. The number of likely N-dealkylation sites (tertiary alicyclic amines) is 1. The van der Waals surface area contributed by atoms with Crippen molar-refractivity contribution in [2.45, 2.75) is 44.9 Å². The van der Waals surface area contributed by atoms with Crippen LogP contribution in [-0.4, -0.2) is 53.1 Å². The lowest BCUT2D eigenvalue weighted by Crippen LogP contribution is -2.53. The van der Waals surface area contributed by atoms with Crippen molar-refractivity contribution in [2.24, 2.45) is 23.5 Å². The summed E-state index contributed by atoms with van der Waals surface area (Å²) in [4.78, 5) is 14.0. The molecule has 2 fully saturated rings. The molecule has 6 heteroatoms. The summed E-state index contributed by atoms with van der Waals surface area (Å²) in [5.74, 6) is 0.0231. The lowest BCUT2D eigenvalue weighted by atomic mass is 9.65. The third kappa shape index (κ3) is 2.87. The fourth-order valence-electron chi connectivity index (χ4n) is 4.24. The van der Waals surface area contributed by atoms with Crippen LogP contribution in [0.1, 0.15) is 26.2 Å². The Balaban J connectivity index is 2.07. The summed E-state index contributed by atoms with van der Waals surface area (Å²) < 4.78 is 0. The Morgan fingerprint density at radius 2 is 2.20 bits per heavy atom. The number of aliphatic carboxylic acids is 1. The summed E-state index contributed by atoms with van der Waals surface area (Å²) in [5, 5.41) is 18.9. The summed E-state index contributed by atoms with van der Waals surface area (Å²) in [6.45, 7) is 6.60. The van der Waals surface area contributed by atoms with Gasteiger partial charge in [-0.3, -0.25) is 4.79 Å². The summed E-state index contributed by atoms with van der Waals surface area (Å²) in [7, 11) is 0. The molecular weight excluding hydrogens is 255 g/mol. The van der Waals surface area contributed by atoms with Gasteiger partial charge in [0.05, 0.1) is 0 Å². The van der Waals surface area contributed by atoms with Crippen LogP contribution < -0.4 is 5.73 Å². The van der Waals surface area contributed by atoms with E-state index in [-0.39, 0.29) is 12.8 Å². The molecule has 2 rings (SSSR count). The van der Waals surface area contributed by atoms with Gasteiger partial charge in [0.1, 0.15) is 5.54 Å². The zero-order chi connectivity index (χ0) is 14.9. The van der Waals surface area contributed by atoms with E-state index in [1.54, 1.807) is 6.82 Å². The van der Waals surface area contributed by atoms with Crippen molar-refractivity contribution in [3.63, 3.8) is 0 Å². The Kier molecular flexibility index (Phi) is 4.77. The molecule has 1 saturated carbocycles. The minimum atomic E-state index is -1.06. The summed E-state index contributed by atoms with van der Waals surface area (Å²) >= 11 is 0. The van der Waals surface area contributed by atoms with Crippen molar-refractivity contribution >= 4 is 12.9 Å². The third-order valence-corrected chi connectivity index (χ3v) is 5.33. The standard InChI is InChI=1S/C14H27BN2O3/c1-3-17-8-10-7-14(16,13(18)19)12(11(10)9-17)5-4-6-15(2)20/h10-12,20H,3-9,16H2,1-2H3,(H,18,19). The van der Waals surface area contributed by atoms with Crippen LogP contribution >= 0.6 is 0 Å². The van der Waals surface area contributed by atoms with Gasteiger partial charge in [-0.1, -0.05) is 20.2 Å². The zero-order valence-corrected chi connectivity index (χ0v) is 12.6. The SMILES string of the molecule is CCN1CC2CC(N)(C(=O)O)C(CCCB(C)O)C2C1. The van der Waals surface area contributed by atoms with Gasteiger partial charge in [0.2, 0.25) is 0 Å². The van der Waals surface area contributed by atoms with Gasteiger partial charge in [0, 0.05) is 13.1 Å². The van der Waals surface area contributed by atoms with E-state index < -0.39 is 11.5 Å². The third-order valence-electron chi connectivity index (χ3n) is 5.33. The molecule has 5 nitrogen and oxygen atoms in total. The van der Waals surface area contributed by atoms with Crippen molar-refractivity contribution in [1.29, 1.82) is 0 Å².